The van der Waals surface area contributed by atoms with Crippen LogP contribution in [0.3, 0.4) is 0 Å². The van der Waals surface area contributed by atoms with Gasteiger partial charge in [-0.05, 0) is 32.9 Å². The van der Waals surface area contributed by atoms with Gasteiger partial charge in [0.05, 0.1) is 6.10 Å². The van der Waals surface area contributed by atoms with Gasteiger partial charge in [0.15, 0.2) is 0 Å². The first-order chi connectivity index (χ1) is 7.74. The molecule has 1 heterocycles. The molecule has 1 fully saturated rings. The van der Waals surface area contributed by atoms with E-state index in [9.17, 15) is 5.11 Å². The largest absolute Gasteiger partial charge is 0.390 e. The van der Waals surface area contributed by atoms with Crippen molar-refractivity contribution in [3.8, 4) is 0 Å². The monoisotopic (exact) mass is 230 g/mol. The zero-order chi connectivity index (χ0) is 11.8. The second-order valence-corrected chi connectivity index (χ2v) is 4.64. The van der Waals surface area contributed by atoms with E-state index < -0.39 is 0 Å². The molecule has 0 saturated carbocycles. The van der Waals surface area contributed by atoms with Crippen LogP contribution in [0.25, 0.3) is 0 Å². The highest BCUT2D eigenvalue weighted by Gasteiger charge is 2.20. The van der Waals surface area contributed by atoms with Gasteiger partial charge >= 0.3 is 0 Å². The van der Waals surface area contributed by atoms with E-state index in [2.05, 4.69) is 24.2 Å². The fourth-order valence-electron chi connectivity index (χ4n) is 2.12. The topological polar surface area (TPSA) is 44.7 Å². The number of likely N-dealkylation sites (N-methyl/N-ethyl adjacent to an activating group) is 1. The van der Waals surface area contributed by atoms with Gasteiger partial charge < -0.3 is 20.1 Å². The van der Waals surface area contributed by atoms with Gasteiger partial charge in [0.2, 0.25) is 0 Å². The van der Waals surface area contributed by atoms with Crippen molar-refractivity contribution in [3.63, 3.8) is 0 Å². The van der Waals surface area contributed by atoms with Gasteiger partial charge in [-0.1, -0.05) is 6.92 Å². The summed E-state index contributed by atoms with van der Waals surface area (Å²) in [5.74, 6) is 0. The molecule has 2 N–H and O–H groups in total. The van der Waals surface area contributed by atoms with E-state index in [0.29, 0.717) is 12.6 Å². The molecule has 0 aromatic rings. The summed E-state index contributed by atoms with van der Waals surface area (Å²) in [5.41, 5.74) is 0. The summed E-state index contributed by atoms with van der Waals surface area (Å²) >= 11 is 0. The van der Waals surface area contributed by atoms with Crippen molar-refractivity contribution >= 4 is 0 Å². The summed E-state index contributed by atoms with van der Waals surface area (Å²) in [5, 5.41) is 13.1. The van der Waals surface area contributed by atoms with Crippen LogP contribution in [0.2, 0.25) is 0 Å². The summed E-state index contributed by atoms with van der Waals surface area (Å²) < 4.78 is 5.33. The Kier molecular flexibility index (Phi) is 6.96. The third-order valence-electron chi connectivity index (χ3n) is 3.12. The molecule has 1 saturated heterocycles. The smallest absolute Gasteiger partial charge is 0.0791 e. The van der Waals surface area contributed by atoms with Gasteiger partial charge in [-0.2, -0.15) is 0 Å². The Morgan fingerprint density at radius 1 is 1.44 bits per heavy atom. The van der Waals surface area contributed by atoms with Crippen LogP contribution in [0.1, 0.15) is 26.2 Å². The van der Waals surface area contributed by atoms with Gasteiger partial charge in [-0.15, -0.1) is 0 Å². The van der Waals surface area contributed by atoms with Crippen LogP contribution in [-0.4, -0.2) is 62.0 Å². The van der Waals surface area contributed by atoms with Crippen molar-refractivity contribution in [1.29, 1.82) is 0 Å². The molecule has 16 heavy (non-hydrogen) atoms. The zero-order valence-corrected chi connectivity index (χ0v) is 10.6. The number of aliphatic hydroxyl groups is 1. The lowest BCUT2D eigenvalue weighted by atomic mass is 10.1. The third-order valence-corrected chi connectivity index (χ3v) is 3.12. The summed E-state index contributed by atoms with van der Waals surface area (Å²) in [6.07, 6.45) is 3.03. The molecule has 1 unspecified atom stereocenters. The second-order valence-electron chi connectivity index (χ2n) is 4.64. The third kappa shape index (κ3) is 5.25. The molecule has 1 aliphatic rings. The van der Waals surface area contributed by atoms with E-state index in [1.54, 1.807) is 0 Å². The van der Waals surface area contributed by atoms with E-state index in [1.165, 1.54) is 0 Å². The molecule has 0 aromatic carbocycles. The Labute approximate surface area is 99.0 Å². The number of ether oxygens (including phenoxy) is 1. The molecule has 0 amide bonds. The SMILES string of the molecule is CCCNCC(O)CN(C)C1CCOCC1. The number of hydrogen-bond donors (Lipinski definition) is 2. The van der Waals surface area contributed by atoms with Crippen LogP contribution in [0.15, 0.2) is 0 Å². The van der Waals surface area contributed by atoms with Gasteiger partial charge in [-0.25, -0.2) is 0 Å². The highest BCUT2D eigenvalue weighted by molar-refractivity contribution is 4.74. The fourth-order valence-corrected chi connectivity index (χ4v) is 2.12. The zero-order valence-electron chi connectivity index (χ0n) is 10.6. The second kappa shape index (κ2) is 8.01. The number of nitrogens with zero attached hydrogens (tertiary/aromatic N) is 1. The van der Waals surface area contributed by atoms with Crippen molar-refractivity contribution in [2.45, 2.75) is 38.3 Å². The highest BCUT2D eigenvalue weighted by Crippen LogP contribution is 2.12. The first-order valence-electron chi connectivity index (χ1n) is 6.40. The average Bonchev–Trinajstić information content (AvgIpc) is 2.30. The predicted octanol–water partition coefficient (Wildman–Crippen LogP) is 0.458. The van der Waals surface area contributed by atoms with Gasteiger partial charge in [0.1, 0.15) is 0 Å². The van der Waals surface area contributed by atoms with Crippen molar-refractivity contribution < 1.29 is 9.84 Å². The molecule has 0 aromatic heterocycles. The molecule has 0 bridgehead atoms. The van der Waals surface area contributed by atoms with Crippen molar-refractivity contribution in [1.82, 2.24) is 10.2 Å². The van der Waals surface area contributed by atoms with E-state index >= 15 is 0 Å². The number of nitrogens with one attached hydrogen (secondary N) is 1. The summed E-state index contributed by atoms with van der Waals surface area (Å²) in [6, 6.07) is 0.578. The molecule has 1 rings (SSSR count). The summed E-state index contributed by atoms with van der Waals surface area (Å²) in [4.78, 5) is 2.26. The molecular formula is C12H26N2O2. The maximum Gasteiger partial charge on any atom is 0.0791 e. The Bertz CT molecular complexity index is 172. The number of aliphatic hydroxyl groups excluding tert-OH is 1. The molecule has 0 spiro atoms. The standard InChI is InChI=1S/C12H26N2O2/c1-3-6-13-9-12(15)10-14(2)11-4-7-16-8-5-11/h11-13,15H,3-10H2,1-2H3. The molecule has 1 aliphatic heterocycles. The quantitative estimate of drug-likeness (QED) is 0.624. The van der Waals surface area contributed by atoms with E-state index in [4.69, 9.17) is 4.74 Å². The van der Waals surface area contributed by atoms with Crippen molar-refractivity contribution in [2.75, 3.05) is 39.9 Å². The Morgan fingerprint density at radius 2 is 2.12 bits per heavy atom. The molecule has 0 aliphatic carbocycles. The van der Waals surface area contributed by atoms with Gasteiger partial charge in [0.25, 0.3) is 0 Å². The normalized spacial score (nSPS) is 20.2. The van der Waals surface area contributed by atoms with Gasteiger partial charge in [-0.3, -0.25) is 0 Å². The number of rotatable bonds is 7. The highest BCUT2D eigenvalue weighted by atomic mass is 16.5. The molecule has 0 radical (unpaired) electrons. The lowest BCUT2D eigenvalue weighted by Gasteiger charge is -2.32. The van der Waals surface area contributed by atoms with E-state index in [1.807, 2.05) is 0 Å². The van der Waals surface area contributed by atoms with E-state index in [0.717, 1.165) is 45.6 Å². The lowest BCUT2D eigenvalue weighted by molar-refractivity contribution is 0.0257. The maximum absolute atomic E-state index is 9.84. The first kappa shape index (κ1) is 13.9. The number of hydrogen-bond acceptors (Lipinski definition) is 4. The Hall–Kier alpha value is -0.160. The van der Waals surface area contributed by atoms with Crippen LogP contribution in [-0.2, 0) is 4.74 Å². The maximum atomic E-state index is 9.84. The molecule has 4 nitrogen and oxygen atoms in total. The molecular weight excluding hydrogens is 204 g/mol. The van der Waals surface area contributed by atoms with Crippen molar-refractivity contribution in [3.05, 3.63) is 0 Å². The molecule has 4 heteroatoms. The van der Waals surface area contributed by atoms with Crippen LogP contribution in [0.5, 0.6) is 0 Å². The minimum Gasteiger partial charge on any atom is -0.390 e. The van der Waals surface area contributed by atoms with Gasteiger partial charge in [0, 0.05) is 32.3 Å². The fraction of sp³-hybridized carbons (Fsp3) is 1.00. The van der Waals surface area contributed by atoms with Crippen molar-refractivity contribution in [2.24, 2.45) is 0 Å². The lowest BCUT2D eigenvalue weighted by Crippen LogP contribution is -2.43. The van der Waals surface area contributed by atoms with E-state index in [-0.39, 0.29) is 6.10 Å². The predicted molar refractivity (Wildman–Crippen MR) is 65.6 cm³/mol. The van der Waals surface area contributed by atoms with Crippen LogP contribution < -0.4 is 5.32 Å². The van der Waals surface area contributed by atoms with Crippen LogP contribution in [0, 0.1) is 0 Å². The Balaban J connectivity index is 2.13. The average molecular weight is 230 g/mol. The van der Waals surface area contributed by atoms with Crippen LogP contribution >= 0.6 is 0 Å². The summed E-state index contributed by atoms with van der Waals surface area (Å²) in [6.45, 7) is 6.28. The summed E-state index contributed by atoms with van der Waals surface area (Å²) in [7, 11) is 2.10. The minimum atomic E-state index is -0.264. The molecule has 1 atom stereocenters. The molecule has 96 valence electrons. The first-order valence-corrected chi connectivity index (χ1v) is 6.40. The Morgan fingerprint density at radius 3 is 2.75 bits per heavy atom. The minimum absolute atomic E-state index is 0.264. The van der Waals surface area contributed by atoms with Crippen LogP contribution in [0.4, 0.5) is 0 Å².